The maximum Gasteiger partial charge on any atom is 0.200 e. The van der Waals surface area contributed by atoms with Crippen LogP contribution in [0.15, 0.2) is 30.3 Å². The maximum atomic E-state index is 12.4. The van der Waals surface area contributed by atoms with Crippen LogP contribution in [0.25, 0.3) is 0 Å². The van der Waals surface area contributed by atoms with E-state index in [1.54, 1.807) is 12.1 Å². The van der Waals surface area contributed by atoms with Crippen molar-refractivity contribution >= 4 is 17.4 Å². The molecule has 0 amide bonds. The van der Waals surface area contributed by atoms with Gasteiger partial charge in [-0.25, -0.2) is 0 Å². The first-order valence-corrected chi connectivity index (χ1v) is 7.23. The standard InChI is InChI=1S/C18H16ClNO2/c1-11-6-12(2)18(13(3)7-11)16(21)10-22-17-5-4-14(9-20)8-15(17)19/h4-8H,10H2,1-3H3. The van der Waals surface area contributed by atoms with Crippen LogP contribution in [0.1, 0.15) is 32.6 Å². The van der Waals surface area contributed by atoms with Crippen molar-refractivity contribution in [1.29, 1.82) is 5.26 Å². The maximum absolute atomic E-state index is 12.4. The topological polar surface area (TPSA) is 50.1 Å². The largest absolute Gasteiger partial charge is 0.484 e. The summed E-state index contributed by atoms with van der Waals surface area (Å²) in [5, 5.41) is 9.12. The van der Waals surface area contributed by atoms with Crippen molar-refractivity contribution in [2.24, 2.45) is 0 Å². The first kappa shape index (κ1) is 16.1. The molecule has 0 spiro atoms. The highest BCUT2D eigenvalue weighted by atomic mass is 35.5. The minimum absolute atomic E-state index is 0.0869. The zero-order valence-corrected chi connectivity index (χ0v) is 13.5. The smallest absolute Gasteiger partial charge is 0.200 e. The molecule has 0 aromatic heterocycles. The molecule has 0 bridgehead atoms. The van der Waals surface area contributed by atoms with Crippen LogP contribution in [-0.2, 0) is 0 Å². The lowest BCUT2D eigenvalue weighted by Crippen LogP contribution is -2.14. The van der Waals surface area contributed by atoms with Crippen LogP contribution < -0.4 is 4.74 Å². The number of benzene rings is 2. The van der Waals surface area contributed by atoms with Crippen molar-refractivity contribution < 1.29 is 9.53 Å². The predicted octanol–water partition coefficient (Wildman–Crippen LogP) is 4.40. The summed E-state index contributed by atoms with van der Waals surface area (Å²) in [7, 11) is 0. The molecule has 4 heteroatoms. The van der Waals surface area contributed by atoms with E-state index in [0.717, 1.165) is 16.7 Å². The molecule has 0 heterocycles. The number of nitrogens with zero attached hydrogens (tertiary/aromatic N) is 1. The number of Topliss-reactive ketones (excluding diaryl/α,β-unsaturated/α-hetero) is 1. The molecule has 0 aliphatic carbocycles. The van der Waals surface area contributed by atoms with E-state index in [1.807, 2.05) is 39.0 Å². The summed E-state index contributed by atoms with van der Waals surface area (Å²) in [5.41, 5.74) is 4.15. The lowest BCUT2D eigenvalue weighted by molar-refractivity contribution is 0.0920. The molecule has 0 saturated carbocycles. The van der Waals surface area contributed by atoms with Gasteiger partial charge < -0.3 is 4.74 Å². The Balaban J connectivity index is 2.16. The fourth-order valence-corrected chi connectivity index (χ4v) is 2.76. The summed E-state index contributed by atoms with van der Waals surface area (Å²) in [6, 6.07) is 10.7. The van der Waals surface area contributed by atoms with Crippen LogP contribution >= 0.6 is 11.6 Å². The normalized spacial score (nSPS) is 10.1. The predicted molar refractivity (Wildman–Crippen MR) is 86.6 cm³/mol. The van der Waals surface area contributed by atoms with E-state index in [2.05, 4.69) is 0 Å². The molecule has 22 heavy (non-hydrogen) atoms. The fourth-order valence-electron chi connectivity index (χ4n) is 2.52. The zero-order chi connectivity index (χ0) is 16.3. The minimum atomic E-state index is -0.0876. The highest BCUT2D eigenvalue weighted by molar-refractivity contribution is 6.32. The molecule has 0 aliphatic rings. The minimum Gasteiger partial charge on any atom is -0.484 e. The first-order valence-electron chi connectivity index (χ1n) is 6.86. The number of rotatable bonds is 4. The van der Waals surface area contributed by atoms with E-state index in [9.17, 15) is 4.79 Å². The van der Waals surface area contributed by atoms with Crippen molar-refractivity contribution in [1.82, 2.24) is 0 Å². The van der Waals surface area contributed by atoms with Crippen LogP contribution in [0.4, 0.5) is 0 Å². The van der Waals surface area contributed by atoms with Crippen molar-refractivity contribution in [3.05, 3.63) is 63.2 Å². The quantitative estimate of drug-likeness (QED) is 0.786. The van der Waals surface area contributed by atoms with E-state index in [4.69, 9.17) is 21.6 Å². The third kappa shape index (κ3) is 3.47. The molecular formula is C18H16ClNO2. The van der Waals surface area contributed by atoms with E-state index in [1.165, 1.54) is 6.07 Å². The number of carbonyl (C=O) groups is 1. The summed E-state index contributed by atoms with van der Waals surface area (Å²) >= 11 is 6.03. The van der Waals surface area contributed by atoms with Crippen LogP contribution in [0.3, 0.4) is 0 Å². The summed E-state index contributed by atoms with van der Waals surface area (Å²) in [5.74, 6) is 0.312. The molecule has 2 aromatic rings. The van der Waals surface area contributed by atoms with Crippen molar-refractivity contribution in [3.8, 4) is 11.8 Å². The SMILES string of the molecule is Cc1cc(C)c(C(=O)COc2ccc(C#N)cc2Cl)c(C)c1. The Morgan fingerprint density at radius 3 is 2.36 bits per heavy atom. The molecule has 2 rings (SSSR count). The van der Waals surface area contributed by atoms with Crippen LogP contribution in [0, 0.1) is 32.1 Å². The fraction of sp³-hybridized carbons (Fsp3) is 0.222. The molecule has 0 fully saturated rings. The van der Waals surface area contributed by atoms with Gasteiger partial charge in [-0.2, -0.15) is 5.26 Å². The second-order valence-corrected chi connectivity index (χ2v) is 5.65. The zero-order valence-electron chi connectivity index (χ0n) is 12.7. The van der Waals surface area contributed by atoms with Gasteiger partial charge in [-0.15, -0.1) is 0 Å². The van der Waals surface area contributed by atoms with Crippen molar-refractivity contribution in [2.45, 2.75) is 20.8 Å². The number of halogens is 1. The molecule has 0 radical (unpaired) electrons. The average Bonchev–Trinajstić information content (AvgIpc) is 2.44. The van der Waals surface area contributed by atoms with Crippen LogP contribution in [0.5, 0.6) is 5.75 Å². The molecule has 0 atom stereocenters. The van der Waals surface area contributed by atoms with Gasteiger partial charge in [0.2, 0.25) is 5.78 Å². The van der Waals surface area contributed by atoms with E-state index in [0.29, 0.717) is 21.9 Å². The molecule has 0 aliphatic heterocycles. The molecule has 112 valence electrons. The molecule has 0 N–H and O–H groups in total. The number of ketones is 1. The molecule has 0 unspecified atom stereocenters. The number of hydrogen-bond acceptors (Lipinski definition) is 3. The average molecular weight is 314 g/mol. The number of nitriles is 1. The van der Waals surface area contributed by atoms with Crippen molar-refractivity contribution in [3.63, 3.8) is 0 Å². The third-order valence-electron chi connectivity index (χ3n) is 3.38. The molecule has 2 aromatic carbocycles. The number of hydrogen-bond donors (Lipinski definition) is 0. The van der Waals surface area contributed by atoms with Gasteiger partial charge in [-0.05, 0) is 50.1 Å². The number of aryl methyl sites for hydroxylation is 3. The van der Waals surface area contributed by atoms with Gasteiger partial charge in [-0.1, -0.05) is 29.3 Å². The first-order chi connectivity index (χ1) is 10.4. The Kier molecular flexibility index (Phi) is 4.85. The lowest BCUT2D eigenvalue weighted by atomic mass is 9.97. The summed E-state index contributed by atoms with van der Waals surface area (Å²) in [6.07, 6.45) is 0. The molecule has 0 saturated heterocycles. The Hall–Kier alpha value is -2.31. The Morgan fingerprint density at radius 1 is 1.18 bits per heavy atom. The molecule has 3 nitrogen and oxygen atoms in total. The number of carbonyl (C=O) groups excluding carboxylic acids is 1. The summed E-state index contributed by atoms with van der Waals surface area (Å²) in [4.78, 5) is 12.4. The van der Waals surface area contributed by atoms with Crippen LogP contribution in [-0.4, -0.2) is 12.4 Å². The lowest BCUT2D eigenvalue weighted by Gasteiger charge is -2.12. The summed E-state index contributed by atoms with van der Waals surface area (Å²) in [6.45, 7) is 5.75. The van der Waals surface area contributed by atoms with Crippen molar-refractivity contribution in [2.75, 3.05) is 6.61 Å². The second-order valence-electron chi connectivity index (χ2n) is 5.24. The van der Waals surface area contributed by atoms with Gasteiger partial charge in [0, 0.05) is 5.56 Å². The van der Waals surface area contributed by atoms with E-state index < -0.39 is 0 Å². The monoisotopic (exact) mass is 313 g/mol. The van der Waals surface area contributed by atoms with Gasteiger partial charge >= 0.3 is 0 Å². The van der Waals surface area contributed by atoms with Gasteiger partial charge in [-0.3, -0.25) is 4.79 Å². The van der Waals surface area contributed by atoms with Gasteiger partial charge in [0.05, 0.1) is 16.7 Å². The highest BCUT2D eigenvalue weighted by Crippen LogP contribution is 2.26. The van der Waals surface area contributed by atoms with Gasteiger partial charge in [0.25, 0.3) is 0 Å². The third-order valence-corrected chi connectivity index (χ3v) is 3.67. The Bertz CT molecular complexity index is 752. The second kappa shape index (κ2) is 6.64. The molecular weight excluding hydrogens is 298 g/mol. The Labute approximate surface area is 135 Å². The Morgan fingerprint density at radius 2 is 1.82 bits per heavy atom. The van der Waals surface area contributed by atoms with E-state index in [-0.39, 0.29) is 12.4 Å². The van der Waals surface area contributed by atoms with Gasteiger partial charge in [0.1, 0.15) is 5.75 Å². The number of ether oxygens (including phenoxy) is 1. The summed E-state index contributed by atoms with van der Waals surface area (Å²) < 4.78 is 5.50. The van der Waals surface area contributed by atoms with Crippen LogP contribution in [0.2, 0.25) is 5.02 Å². The van der Waals surface area contributed by atoms with E-state index >= 15 is 0 Å². The highest BCUT2D eigenvalue weighted by Gasteiger charge is 2.14. The van der Waals surface area contributed by atoms with Gasteiger partial charge in [0.15, 0.2) is 6.61 Å².